The molecule has 0 radical (unpaired) electrons. The third-order valence-corrected chi connectivity index (χ3v) is 3.58. The van der Waals surface area contributed by atoms with E-state index in [1.165, 1.54) is 16.7 Å². The Hall–Kier alpha value is -1.54. The molecule has 1 heterocycles. The fourth-order valence-electron chi connectivity index (χ4n) is 2.47. The molecule has 0 amide bonds. The van der Waals surface area contributed by atoms with E-state index in [2.05, 4.69) is 31.2 Å². The first-order chi connectivity index (χ1) is 8.59. The van der Waals surface area contributed by atoms with Crippen molar-refractivity contribution in [2.75, 3.05) is 0 Å². The van der Waals surface area contributed by atoms with Crippen LogP contribution < -0.4 is 5.73 Å². The van der Waals surface area contributed by atoms with Gasteiger partial charge in [0.15, 0.2) is 0 Å². The molecule has 1 unspecified atom stereocenters. The van der Waals surface area contributed by atoms with Crippen LogP contribution in [-0.4, -0.2) is 0 Å². The van der Waals surface area contributed by atoms with Crippen LogP contribution in [0, 0.1) is 20.8 Å². The molecular formula is C16H21NO. The molecule has 2 heteroatoms. The molecule has 0 saturated carbocycles. The predicted molar refractivity (Wildman–Crippen MR) is 74.6 cm³/mol. The van der Waals surface area contributed by atoms with Gasteiger partial charge >= 0.3 is 0 Å². The maximum atomic E-state index is 6.30. The molecule has 0 aliphatic carbocycles. The maximum Gasteiger partial charge on any atom is 0.106 e. The van der Waals surface area contributed by atoms with Crippen molar-refractivity contribution < 1.29 is 4.42 Å². The van der Waals surface area contributed by atoms with E-state index in [4.69, 9.17) is 10.2 Å². The maximum absolute atomic E-state index is 6.30. The zero-order valence-corrected chi connectivity index (χ0v) is 11.4. The van der Waals surface area contributed by atoms with Gasteiger partial charge in [0.05, 0.1) is 0 Å². The fraction of sp³-hybridized carbons (Fsp3) is 0.375. The standard InChI is InChI=1S/C16H21NO/c1-11-12(2)18-13(3)16(11)15(17)10-9-14-7-5-4-6-8-14/h4-8,15H,9-10,17H2,1-3H3. The lowest BCUT2D eigenvalue weighted by Crippen LogP contribution is -2.13. The first kappa shape index (κ1) is 12.9. The summed E-state index contributed by atoms with van der Waals surface area (Å²) in [5.41, 5.74) is 10.0. The largest absolute Gasteiger partial charge is 0.466 e. The van der Waals surface area contributed by atoms with Crippen LogP contribution >= 0.6 is 0 Å². The molecule has 0 saturated heterocycles. The Balaban J connectivity index is 2.06. The van der Waals surface area contributed by atoms with E-state index in [0.717, 1.165) is 24.4 Å². The summed E-state index contributed by atoms with van der Waals surface area (Å²) in [5, 5.41) is 0. The first-order valence-corrected chi connectivity index (χ1v) is 6.45. The first-order valence-electron chi connectivity index (χ1n) is 6.45. The topological polar surface area (TPSA) is 39.2 Å². The molecule has 0 spiro atoms. The second kappa shape index (κ2) is 5.40. The Morgan fingerprint density at radius 1 is 1.06 bits per heavy atom. The van der Waals surface area contributed by atoms with Crippen molar-refractivity contribution in [1.82, 2.24) is 0 Å². The van der Waals surface area contributed by atoms with Crippen molar-refractivity contribution in [3.05, 3.63) is 58.5 Å². The zero-order valence-electron chi connectivity index (χ0n) is 11.4. The van der Waals surface area contributed by atoms with Crippen molar-refractivity contribution in [3.63, 3.8) is 0 Å². The monoisotopic (exact) mass is 243 g/mol. The smallest absolute Gasteiger partial charge is 0.106 e. The Morgan fingerprint density at radius 3 is 2.28 bits per heavy atom. The summed E-state index contributed by atoms with van der Waals surface area (Å²) in [7, 11) is 0. The number of benzene rings is 1. The Kier molecular flexibility index (Phi) is 3.87. The van der Waals surface area contributed by atoms with E-state index < -0.39 is 0 Å². The van der Waals surface area contributed by atoms with Crippen molar-refractivity contribution in [2.45, 2.75) is 39.7 Å². The zero-order chi connectivity index (χ0) is 13.1. The quantitative estimate of drug-likeness (QED) is 0.886. The molecule has 2 nitrogen and oxygen atoms in total. The van der Waals surface area contributed by atoms with E-state index in [1.807, 2.05) is 19.9 Å². The summed E-state index contributed by atoms with van der Waals surface area (Å²) in [4.78, 5) is 0. The van der Waals surface area contributed by atoms with E-state index in [1.54, 1.807) is 0 Å². The molecular weight excluding hydrogens is 222 g/mol. The highest BCUT2D eigenvalue weighted by Crippen LogP contribution is 2.28. The summed E-state index contributed by atoms with van der Waals surface area (Å²) >= 11 is 0. The van der Waals surface area contributed by atoms with E-state index in [0.29, 0.717) is 0 Å². The molecule has 2 aromatic rings. The van der Waals surface area contributed by atoms with Gasteiger partial charge in [-0.25, -0.2) is 0 Å². The van der Waals surface area contributed by atoms with E-state index in [9.17, 15) is 0 Å². The van der Waals surface area contributed by atoms with Gasteiger partial charge in [0, 0.05) is 11.6 Å². The average molecular weight is 243 g/mol. The van der Waals surface area contributed by atoms with Crippen LogP contribution in [0.15, 0.2) is 34.7 Å². The van der Waals surface area contributed by atoms with Crippen LogP contribution in [-0.2, 0) is 6.42 Å². The van der Waals surface area contributed by atoms with Crippen molar-refractivity contribution in [2.24, 2.45) is 5.73 Å². The Morgan fingerprint density at radius 2 is 1.72 bits per heavy atom. The van der Waals surface area contributed by atoms with Gasteiger partial charge in [-0.2, -0.15) is 0 Å². The van der Waals surface area contributed by atoms with E-state index >= 15 is 0 Å². The molecule has 0 bridgehead atoms. The number of nitrogens with two attached hydrogens (primary N) is 1. The van der Waals surface area contributed by atoms with Gasteiger partial charge in [-0.05, 0) is 44.7 Å². The molecule has 96 valence electrons. The normalized spacial score (nSPS) is 12.7. The van der Waals surface area contributed by atoms with Crippen LogP contribution in [0.2, 0.25) is 0 Å². The summed E-state index contributed by atoms with van der Waals surface area (Å²) in [6, 6.07) is 10.5. The van der Waals surface area contributed by atoms with Crippen molar-refractivity contribution in [1.29, 1.82) is 0 Å². The molecule has 1 atom stereocenters. The summed E-state index contributed by atoms with van der Waals surface area (Å²) in [6.07, 6.45) is 1.95. The number of hydrogen-bond acceptors (Lipinski definition) is 2. The third kappa shape index (κ3) is 2.65. The third-order valence-electron chi connectivity index (χ3n) is 3.58. The highest BCUT2D eigenvalue weighted by Gasteiger charge is 2.17. The van der Waals surface area contributed by atoms with Gasteiger partial charge in [-0.15, -0.1) is 0 Å². The highest BCUT2D eigenvalue weighted by atomic mass is 16.3. The van der Waals surface area contributed by atoms with Crippen LogP contribution in [0.4, 0.5) is 0 Å². The predicted octanol–water partition coefficient (Wildman–Crippen LogP) is 3.84. The summed E-state index contributed by atoms with van der Waals surface area (Å²) < 4.78 is 5.64. The molecule has 0 aliphatic heterocycles. The van der Waals surface area contributed by atoms with Crippen molar-refractivity contribution >= 4 is 0 Å². The van der Waals surface area contributed by atoms with Crippen LogP contribution in [0.1, 0.15) is 40.7 Å². The summed E-state index contributed by atoms with van der Waals surface area (Å²) in [5.74, 6) is 1.95. The lowest BCUT2D eigenvalue weighted by molar-refractivity contribution is 0.494. The molecule has 1 aromatic heterocycles. The van der Waals surface area contributed by atoms with Crippen LogP contribution in [0.3, 0.4) is 0 Å². The molecule has 0 fully saturated rings. The molecule has 1 aromatic carbocycles. The lowest BCUT2D eigenvalue weighted by atomic mass is 9.97. The second-order valence-corrected chi connectivity index (χ2v) is 4.88. The Labute approximate surface area is 109 Å². The SMILES string of the molecule is Cc1oc(C)c(C(N)CCc2ccccc2)c1C. The van der Waals surface area contributed by atoms with Gasteiger partial charge in [-0.1, -0.05) is 30.3 Å². The average Bonchev–Trinajstić information content (AvgIpc) is 2.62. The molecule has 18 heavy (non-hydrogen) atoms. The minimum absolute atomic E-state index is 0.0580. The fourth-order valence-corrected chi connectivity index (χ4v) is 2.47. The van der Waals surface area contributed by atoms with Crippen LogP contribution in [0.5, 0.6) is 0 Å². The van der Waals surface area contributed by atoms with Gasteiger partial charge < -0.3 is 10.2 Å². The minimum atomic E-state index is 0.0580. The summed E-state index contributed by atoms with van der Waals surface area (Å²) in [6.45, 7) is 6.08. The van der Waals surface area contributed by atoms with Gasteiger partial charge in [0.25, 0.3) is 0 Å². The Bertz CT molecular complexity index is 513. The lowest BCUT2D eigenvalue weighted by Gasteiger charge is -2.12. The van der Waals surface area contributed by atoms with Gasteiger partial charge in [0.2, 0.25) is 0 Å². The van der Waals surface area contributed by atoms with Crippen molar-refractivity contribution in [3.8, 4) is 0 Å². The van der Waals surface area contributed by atoms with Gasteiger partial charge in [-0.3, -0.25) is 0 Å². The highest BCUT2D eigenvalue weighted by molar-refractivity contribution is 5.34. The van der Waals surface area contributed by atoms with Gasteiger partial charge in [0.1, 0.15) is 11.5 Å². The van der Waals surface area contributed by atoms with Crippen LogP contribution in [0.25, 0.3) is 0 Å². The number of furan rings is 1. The molecule has 2 N–H and O–H groups in total. The molecule has 0 aliphatic rings. The van der Waals surface area contributed by atoms with E-state index in [-0.39, 0.29) is 6.04 Å². The number of rotatable bonds is 4. The second-order valence-electron chi connectivity index (χ2n) is 4.88. The molecule has 2 rings (SSSR count). The number of hydrogen-bond donors (Lipinski definition) is 1. The minimum Gasteiger partial charge on any atom is -0.466 e. The number of aryl methyl sites for hydroxylation is 3.